The third kappa shape index (κ3) is 4.10. The number of hydrogen-bond donors (Lipinski definition) is 1. The molecule has 2 aromatic rings. The number of rotatable bonds is 5. The molecule has 1 unspecified atom stereocenters. The fourth-order valence-electron chi connectivity index (χ4n) is 2.14. The van der Waals surface area contributed by atoms with Gasteiger partial charge < -0.3 is 5.32 Å². The van der Waals surface area contributed by atoms with Crippen molar-refractivity contribution in [3.63, 3.8) is 0 Å². The van der Waals surface area contributed by atoms with Crippen LogP contribution in [0.3, 0.4) is 0 Å². The van der Waals surface area contributed by atoms with Crippen molar-refractivity contribution in [1.82, 2.24) is 0 Å². The van der Waals surface area contributed by atoms with Gasteiger partial charge in [-0.25, -0.2) is 0 Å². The van der Waals surface area contributed by atoms with E-state index >= 15 is 0 Å². The molecule has 0 fully saturated rings. The average molecular weight is 318 g/mol. The molecule has 0 aliphatic heterocycles. The van der Waals surface area contributed by atoms with Gasteiger partial charge in [-0.1, -0.05) is 53.5 Å². The highest BCUT2D eigenvalue weighted by Crippen LogP contribution is 2.21. The van der Waals surface area contributed by atoms with Crippen LogP contribution >= 0.6 is 15.9 Å². The molecule has 0 bridgehead atoms. The Balaban J connectivity index is 2.01. The molecular weight excluding hydrogens is 298 g/mol. The summed E-state index contributed by atoms with van der Waals surface area (Å²) in [5.41, 5.74) is 3.88. The monoisotopic (exact) mass is 317 g/mol. The Morgan fingerprint density at radius 1 is 1.00 bits per heavy atom. The fraction of sp³-hybridized carbons (Fsp3) is 0.294. The standard InChI is InChI=1S/C17H20BrN/c1-3-4-14-5-11-17(12-6-14)19-13(2)15-7-9-16(18)10-8-15/h5-13,19H,3-4H2,1-2H3. The summed E-state index contributed by atoms with van der Waals surface area (Å²) in [7, 11) is 0. The van der Waals surface area contributed by atoms with Crippen molar-refractivity contribution in [2.24, 2.45) is 0 Å². The zero-order valence-corrected chi connectivity index (χ0v) is 13.1. The lowest BCUT2D eigenvalue weighted by Gasteiger charge is -2.16. The summed E-state index contributed by atoms with van der Waals surface area (Å²) >= 11 is 3.46. The molecule has 0 aliphatic carbocycles. The van der Waals surface area contributed by atoms with E-state index in [0.29, 0.717) is 6.04 Å². The maximum Gasteiger partial charge on any atom is 0.0485 e. The van der Waals surface area contributed by atoms with Crippen LogP contribution in [0.4, 0.5) is 5.69 Å². The number of aryl methyl sites for hydroxylation is 1. The minimum Gasteiger partial charge on any atom is -0.379 e. The second-order valence-corrected chi connectivity index (χ2v) is 5.78. The minimum absolute atomic E-state index is 0.310. The molecule has 0 aromatic heterocycles. The molecule has 0 aliphatic rings. The van der Waals surface area contributed by atoms with Crippen LogP contribution in [0.15, 0.2) is 53.0 Å². The Bertz CT molecular complexity index is 502. The van der Waals surface area contributed by atoms with Gasteiger partial charge in [0, 0.05) is 16.2 Å². The van der Waals surface area contributed by atoms with Crippen LogP contribution in [0, 0.1) is 0 Å². The minimum atomic E-state index is 0.310. The van der Waals surface area contributed by atoms with Crippen molar-refractivity contribution in [2.45, 2.75) is 32.7 Å². The summed E-state index contributed by atoms with van der Waals surface area (Å²) in [5.74, 6) is 0. The van der Waals surface area contributed by atoms with Gasteiger partial charge in [0.1, 0.15) is 0 Å². The lowest BCUT2D eigenvalue weighted by atomic mass is 10.1. The highest BCUT2D eigenvalue weighted by atomic mass is 79.9. The predicted octanol–water partition coefficient (Wildman–Crippen LogP) is 5.57. The van der Waals surface area contributed by atoms with E-state index in [0.717, 1.165) is 10.9 Å². The van der Waals surface area contributed by atoms with Gasteiger partial charge in [-0.3, -0.25) is 0 Å². The van der Waals surface area contributed by atoms with Crippen LogP contribution in [-0.2, 0) is 6.42 Å². The van der Waals surface area contributed by atoms with Crippen LogP contribution in [-0.4, -0.2) is 0 Å². The summed E-state index contributed by atoms with van der Waals surface area (Å²) in [6.07, 6.45) is 2.35. The molecule has 100 valence electrons. The van der Waals surface area contributed by atoms with E-state index in [1.807, 2.05) is 0 Å². The quantitative estimate of drug-likeness (QED) is 0.759. The first kappa shape index (κ1) is 14.1. The molecule has 19 heavy (non-hydrogen) atoms. The van der Waals surface area contributed by atoms with E-state index in [2.05, 4.69) is 83.6 Å². The van der Waals surface area contributed by atoms with Crippen molar-refractivity contribution in [3.05, 3.63) is 64.1 Å². The first-order valence-corrected chi connectivity index (χ1v) is 7.59. The van der Waals surface area contributed by atoms with Gasteiger partial charge in [0.25, 0.3) is 0 Å². The average Bonchev–Trinajstić information content (AvgIpc) is 2.42. The molecule has 0 saturated carbocycles. The van der Waals surface area contributed by atoms with Crippen LogP contribution in [0.25, 0.3) is 0 Å². The van der Waals surface area contributed by atoms with Crippen molar-refractivity contribution in [2.75, 3.05) is 5.32 Å². The van der Waals surface area contributed by atoms with Crippen molar-refractivity contribution in [3.8, 4) is 0 Å². The van der Waals surface area contributed by atoms with E-state index in [-0.39, 0.29) is 0 Å². The SMILES string of the molecule is CCCc1ccc(NC(C)c2ccc(Br)cc2)cc1. The molecule has 0 heterocycles. The van der Waals surface area contributed by atoms with E-state index in [4.69, 9.17) is 0 Å². The molecule has 2 aromatic carbocycles. The first-order valence-electron chi connectivity index (χ1n) is 6.80. The topological polar surface area (TPSA) is 12.0 Å². The Kier molecular flexibility index (Phi) is 5.03. The lowest BCUT2D eigenvalue weighted by molar-refractivity contribution is 0.882. The van der Waals surface area contributed by atoms with Crippen LogP contribution in [0.5, 0.6) is 0 Å². The zero-order valence-electron chi connectivity index (χ0n) is 11.5. The Morgan fingerprint density at radius 3 is 2.21 bits per heavy atom. The highest BCUT2D eigenvalue weighted by molar-refractivity contribution is 9.10. The summed E-state index contributed by atoms with van der Waals surface area (Å²) in [6, 6.07) is 17.5. The van der Waals surface area contributed by atoms with E-state index < -0.39 is 0 Å². The van der Waals surface area contributed by atoms with Gasteiger partial charge in [-0.2, -0.15) is 0 Å². The largest absolute Gasteiger partial charge is 0.379 e. The lowest BCUT2D eigenvalue weighted by Crippen LogP contribution is -2.06. The van der Waals surface area contributed by atoms with Gasteiger partial charge in [-0.05, 0) is 48.7 Å². The Labute approximate surface area is 124 Å². The van der Waals surface area contributed by atoms with E-state index in [1.54, 1.807) is 0 Å². The summed E-state index contributed by atoms with van der Waals surface area (Å²) in [5, 5.41) is 3.53. The third-order valence-electron chi connectivity index (χ3n) is 3.25. The summed E-state index contributed by atoms with van der Waals surface area (Å²) in [6.45, 7) is 4.39. The molecule has 1 N–H and O–H groups in total. The van der Waals surface area contributed by atoms with Gasteiger partial charge in [0.2, 0.25) is 0 Å². The van der Waals surface area contributed by atoms with Crippen LogP contribution in [0.2, 0.25) is 0 Å². The van der Waals surface area contributed by atoms with Crippen LogP contribution in [0.1, 0.15) is 37.4 Å². The second-order valence-electron chi connectivity index (χ2n) is 4.86. The molecule has 0 amide bonds. The Hall–Kier alpha value is -1.28. The fourth-order valence-corrected chi connectivity index (χ4v) is 2.41. The molecule has 1 atom stereocenters. The van der Waals surface area contributed by atoms with Crippen molar-refractivity contribution >= 4 is 21.6 Å². The van der Waals surface area contributed by atoms with Crippen molar-refractivity contribution in [1.29, 1.82) is 0 Å². The number of hydrogen-bond acceptors (Lipinski definition) is 1. The van der Waals surface area contributed by atoms with Crippen LogP contribution < -0.4 is 5.32 Å². The normalized spacial score (nSPS) is 12.2. The van der Waals surface area contributed by atoms with Crippen molar-refractivity contribution < 1.29 is 0 Å². The molecule has 0 saturated heterocycles. The number of benzene rings is 2. The maximum absolute atomic E-state index is 3.53. The van der Waals surface area contributed by atoms with Gasteiger partial charge in [0.15, 0.2) is 0 Å². The molecular formula is C17H20BrN. The molecule has 2 heteroatoms. The van der Waals surface area contributed by atoms with Gasteiger partial charge >= 0.3 is 0 Å². The summed E-state index contributed by atoms with van der Waals surface area (Å²) < 4.78 is 1.12. The van der Waals surface area contributed by atoms with E-state index in [9.17, 15) is 0 Å². The predicted molar refractivity (Wildman–Crippen MR) is 86.6 cm³/mol. The summed E-state index contributed by atoms with van der Waals surface area (Å²) in [4.78, 5) is 0. The maximum atomic E-state index is 3.53. The Morgan fingerprint density at radius 2 is 1.63 bits per heavy atom. The molecule has 1 nitrogen and oxygen atoms in total. The number of nitrogens with one attached hydrogen (secondary N) is 1. The van der Waals surface area contributed by atoms with E-state index in [1.165, 1.54) is 23.2 Å². The molecule has 2 rings (SSSR count). The van der Waals surface area contributed by atoms with Gasteiger partial charge in [0.05, 0.1) is 0 Å². The first-order chi connectivity index (χ1) is 9.19. The number of anilines is 1. The highest BCUT2D eigenvalue weighted by Gasteiger charge is 2.04. The molecule has 0 radical (unpaired) electrons. The number of halogens is 1. The smallest absolute Gasteiger partial charge is 0.0485 e. The molecule has 0 spiro atoms. The third-order valence-corrected chi connectivity index (χ3v) is 3.77. The zero-order chi connectivity index (χ0) is 13.7. The second kappa shape index (κ2) is 6.76. The van der Waals surface area contributed by atoms with Gasteiger partial charge in [-0.15, -0.1) is 0 Å².